The Bertz CT molecular complexity index is 1520. The van der Waals surface area contributed by atoms with Crippen LogP contribution in [0.1, 0.15) is 6.92 Å². The highest BCUT2D eigenvalue weighted by atomic mass is 19.3. The number of aromatic nitrogens is 5. The molecule has 4 heterocycles. The molecule has 1 aliphatic heterocycles. The van der Waals surface area contributed by atoms with Gasteiger partial charge in [0.1, 0.15) is 17.1 Å². The molecule has 0 unspecified atom stereocenters. The Labute approximate surface area is 204 Å². The maximum Gasteiger partial charge on any atom is 0.286 e. The minimum atomic E-state index is -3.28. The Morgan fingerprint density at radius 3 is 2.68 bits per heavy atom. The fourth-order valence-corrected chi connectivity index (χ4v) is 4.39. The quantitative estimate of drug-likeness (QED) is 0.386. The minimum Gasteiger partial charge on any atom is -0.479 e. The molecule has 196 valence electrons. The second kappa shape index (κ2) is 8.81. The first-order valence-electron chi connectivity index (χ1n) is 10.9. The van der Waals surface area contributed by atoms with Crippen LogP contribution in [0.5, 0.6) is 5.88 Å². The smallest absolute Gasteiger partial charge is 0.286 e. The van der Waals surface area contributed by atoms with Gasteiger partial charge in [-0.1, -0.05) is 0 Å². The molecule has 0 spiro atoms. The van der Waals surface area contributed by atoms with Gasteiger partial charge in [-0.25, -0.2) is 35.8 Å². The molecule has 1 aliphatic rings. The van der Waals surface area contributed by atoms with Crippen LogP contribution < -0.4 is 10.1 Å². The number of fused-ring (bicyclic) bond motifs is 2. The van der Waals surface area contributed by atoms with Crippen LogP contribution in [0.2, 0.25) is 0 Å². The number of amides is 1. The summed E-state index contributed by atoms with van der Waals surface area (Å²) in [5.74, 6) is -6.08. The maximum atomic E-state index is 15.2. The Morgan fingerprint density at radius 2 is 2.03 bits per heavy atom. The summed E-state index contributed by atoms with van der Waals surface area (Å²) in [5, 5.41) is 6.52. The third kappa shape index (κ3) is 4.27. The van der Waals surface area contributed by atoms with Gasteiger partial charge in [0, 0.05) is 13.5 Å². The summed E-state index contributed by atoms with van der Waals surface area (Å²) in [7, 11) is 1.21. The fourth-order valence-electron chi connectivity index (χ4n) is 4.39. The van der Waals surface area contributed by atoms with E-state index in [0.29, 0.717) is 0 Å². The number of nitrogens with zero attached hydrogens (tertiary/aromatic N) is 6. The third-order valence-corrected chi connectivity index (χ3v) is 6.11. The van der Waals surface area contributed by atoms with E-state index >= 15 is 4.39 Å². The molecular formula is C22H19F6N7O2. The van der Waals surface area contributed by atoms with Crippen molar-refractivity contribution in [1.82, 2.24) is 29.0 Å². The number of rotatable bonds is 6. The number of halogens is 6. The number of likely N-dealkylation sites (tertiary alicyclic amines) is 1. The average molecular weight is 527 g/mol. The number of benzene rings is 1. The predicted molar refractivity (Wildman–Crippen MR) is 119 cm³/mol. The molecule has 0 radical (unpaired) electrons. The lowest BCUT2D eigenvalue weighted by Crippen LogP contribution is -2.38. The zero-order valence-corrected chi connectivity index (χ0v) is 19.4. The maximum absolute atomic E-state index is 15.2. The second-order valence-corrected chi connectivity index (χ2v) is 8.56. The van der Waals surface area contributed by atoms with Crippen LogP contribution in [0.25, 0.3) is 27.7 Å². The molecular weight excluding hydrogens is 508 g/mol. The van der Waals surface area contributed by atoms with E-state index in [1.807, 2.05) is 0 Å². The van der Waals surface area contributed by atoms with Crippen molar-refractivity contribution in [2.24, 2.45) is 0 Å². The normalized spacial score (nSPS) is 17.3. The van der Waals surface area contributed by atoms with Gasteiger partial charge in [-0.2, -0.15) is 4.98 Å². The van der Waals surface area contributed by atoms with Gasteiger partial charge in [0.15, 0.2) is 11.6 Å². The van der Waals surface area contributed by atoms with Crippen LogP contribution in [0.4, 0.5) is 32.3 Å². The molecule has 1 amide bonds. The number of ether oxygens (including phenoxy) is 1. The van der Waals surface area contributed by atoms with Crippen LogP contribution in [0.3, 0.4) is 0 Å². The summed E-state index contributed by atoms with van der Waals surface area (Å²) in [6.45, 7) is -0.650. The lowest BCUT2D eigenvalue weighted by atomic mass is 10.1. The fraction of sp³-hybridized carbons (Fsp3) is 0.364. The Hall–Kier alpha value is -4.04. The van der Waals surface area contributed by atoms with Crippen molar-refractivity contribution in [3.05, 3.63) is 36.3 Å². The van der Waals surface area contributed by atoms with Crippen molar-refractivity contribution >= 4 is 28.4 Å². The van der Waals surface area contributed by atoms with Crippen LogP contribution in [-0.4, -0.2) is 73.5 Å². The van der Waals surface area contributed by atoms with Gasteiger partial charge in [-0.3, -0.25) is 4.79 Å². The molecule has 0 aliphatic carbocycles. The van der Waals surface area contributed by atoms with Gasteiger partial charge >= 0.3 is 0 Å². The third-order valence-electron chi connectivity index (χ3n) is 6.11. The predicted octanol–water partition coefficient (Wildman–Crippen LogP) is 3.58. The molecule has 3 aromatic heterocycles. The molecule has 1 saturated heterocycles. The minimum absolute atomic E-state index is 0.0192. The highest BCUT2D eigenvalue weighted by Gasteiger charge is 2.49. The van der Waals surface area contributed by atoms with Crippen molar-refractivity contribution in [3.8, 4) is 17.0 Å². The van der Waals surface area contributed by atoms with Crippen LogP contribution in [0, 0.1) is 11.6 Å². The zero-order chi connectivity index (χ0) is 26.6. The van der Waals surface area contributed by atoms with E-state index in [4.69, 9.17) is 4.74 Å². The zero-order valence-electron chi connectivity index (χ0n) is 19.4. The Balaban J connectivity index is 1.58. The van der Waals surface area contributed by atoms with E-state index in [-0.39, 0.29) is 46.1 Å². The van der Waals surface area contributed by atoms with Crippen molar-refractivity contribution in [3.63, 3.8) is 0 Å². The molecule has 1 aromatic carbocycles. The number of hydrogen-bond donors (Lipinski definition) is 1. The van der Waals surface area contributed by atoms with Crippen molar-refractivity contribution < 1.29 is 35.9 Å². The number of carbonyl (C=O) groups excluding carboxylic acids is 1. The topological polar surface area (TPSA) is 89.6 Å². The van der Waals surface area contributed by atoms with Gasteiger partial charge in [0.25, 0.3) is 12.3 Å². The van der Waals surface area contributed by atoms with Gasteiger partial charge in [-0.15, -0.1) is 5.10 Å². The lowest BCUT2D eigenvalue weighted by molar-refractivity contribution is -0.129. The molecule has 5 rings (SSSR count). The van der Waals surface area contributed by atoms with Crippen LogP contribution in [-0.2, 0) is 11.3 Å². The molecule has 0 bridgehead atoms. The first kappa shape index (κ1) is 24.6. The first-order chi connectivity index (χ1) is 17.5. The Morgan fingerprint density at radius 1 is 1.27 bits per heavy atom. The van der Waals surface area contributed by atoms with Crippen molar-refractivity contribution in [2.75, 3.05) is 25.5 Å². The molecule has 0 saturated carbocycles. The summed E-state index contributed by atoms with van der Waals surface area (Å²) < 4.78 is 92.1. The van der Waals surface area contributed by atoms with Gasteiger partial charge in [-0.05, 0) is 17.7 Å². The van der Waals surface area contributed by atoms with E-state index in [0.717, 1.165) is 32.6 Å². The lowest BCUT2D eigenvalue weighted by Gasteiger charge is -2.19. The van der Waals surface area contributed by atoms with Crippen LogP contribution >= 0.6 is 0 Å². The number of hydrogen-bond acceptors (Lipinski definition) is 6. The van der Waals surface area contributed by atoms with E-state index < -0.39 is 49.0 Å². The van der Waals surface area contributed by atoms with Crippen molar-refractivity contribution in [1.29, 1.82) is 0 Å². The standard InChI is InChI=1S/C22H19F6N7O2/c1-10(36)33-6-15(22(27,28)8-33)30-21-31-20(37-2)19-17(13(24)5-35(19)32-21)11-3-12(23)18-14(4-11)34(9-29-18)7-16(25)26/h3-5,9,15-16H,6-8H2,1-2H3,(H,30,32)/t15-/m1/s1. The van der Waals surface area contributed by atoms with Crippen LogP contribution in [0.15, 0.2) is 24.7 Å². The number of methoxy groups -OCH3 is 1. The molecule has 1 atom stereocenters. The van der Waals surface area contributed by atoms with E-state index in [9.17, 15) is 26.7 Å². The monoisotopic (exact) mass is 527 g/mol. The number of alkyl halides is 4. The highest BCUT2D eigenvalue weighted by molar-refractivity contribution is 5.90. The van der Waals surface area contributed by atoms with E-state index in [1.165, 1.54) is 20.1 Å². The largest absolute Gasteiger partial charge is 0.479 e. The summed E-state index contributed by atoms with van der Waals surface area (Å²) in [6, 6.07) is 0.777. The van der Waals surface area contributed by atoms with Crippen molar-refractivity contribution in [2.45, 2.75) is 31.9 Å². The Kier molecular flexibility index (Phi) is 5.87. The van der Waals surface area contributed by atoms with Gasteiger partial charge < -0.3 is 19.5 Å². The SMILES string of the molecule is COc1nc(N[C@@H]2CN(C(C)=O)CC2(F)F)nn2cc(F)c(-c3cc(F)c4ncn(CC(F)F)c4c3)c12. The number of anilines is 1. The van der Waals surface area contributed by atoms with E-state index in [1.54, 1.807) is 0 Å². The molecule has 9 nitrogen and oxygen atoms in total. The first-order valence-corrected chi connectivity index (χ1v) is 10.9. The molecule has 1 fully saturated rings. The summed E-state index contributed by atoms with van der Waals surface area (Å²) in [6.07, 6.45) is -0.746. The highest BCUT2D eigenvalue weighted by Crippen LogP contribution is 2.37. The average Bonchev–Trinajstić information content (AvgIpc) is 3.46. The number of nitrogens with one attached hydrogen (secondary N) is 1. The second-order valence-electron chi connectivity index (χ2n) is 8.56. The number of imidazole rings is 1. The molecule has 1 N–H and O–H groups in total. The number of carbonyl (C=O) groups is 1. The van der Waals surface area contributed by atoms with Gasteiger partial charge in [0.05, 0.1) is 43.8 Å². The molecule has 15 heteroatoms. The molecule has 37 heavy (non-hydrogen) atoms. The summed E-state index contributed by atoms with van der Waals surface area (Å²) in [4.78, 5) is 20.4. The van der Waals surface area contributed by atoms with Gasteiger partial charge in [0.2, 0.25) is 17.7 Å². The van der Waals surface area contributed by atoms with E-state index in [2.05, 4.69) is 20.4 Å². The summed E-state index contributed by atoms with van der Waals surface area (Å²) in [5.41, 5.74) is -0.412. The molecule has 4 aromatic rings. The summed E-state index contributed by atoms with van der Waals surface area (Å²) >= 11 is 0.